The second kappa shape index (κ2) is 9.36. The summed E-state index contributed by atoms with van der Waals surface area (Å²) in [4.78, 5) is 14.8. The number of nitrogens with zero attached hydrogens (tertiary/aromatic N) is 2. The Morgan fingerprint density at radius 1 is 1.31 bits per heavy atom. The van der Waals surface area contributed by atoms with Crippen LogP contribution in [0.5, 0.6) is 5.75 Å². The number of ether oxygens (including phenoxy) is 1. The van der Waals surface area contributed by atoms with E-state index in [4.69, 9.17) is 16.3 Å². The van der Waals surface area contributed by atoms with Gasteiger partial charge in [0.15, 0.2) is 0 Å². The van der Waals surface area contributed by atoms with Crippen LogP contribution in [0.2, 0.25) is 5.02 Å². The number of benzene rings is 2. The van der Waals surface area contributed by atoms with Crippen LogP contribution in [0.1, 0.15) is 16.8 Å². The zero-order chi connectivity index (χ0) is 21.0. The SMILES string of the molecule is Cc1cc(I)c(OCc2ncccc2F)cc1NCc1ccc(Cl)cc1[N+](=O)[O-]. The van der Waals surface area contributed by atoms with E-state index in [1.54, 1.807) is 18.2 Å². The zero-order valence-corrected chi connectivity index (χ0v) is 18.2. The van der Waals surface area contributed by atoms with E-state index >= 15 is 0 Å². The van der Waals surface area contributed by atoms with Gasteiger partial charge < -0.3 is 10.1 Å². The van der Waals surface area contributed by atoms with Crippen LogP contribution in [0.3, 0.4) is 0 Å². The smallest absolute Gasteiger partial charge is 0.275 e. The van der Waals surface area contributed by atoms with Gasteiger partial charge in [-0.05, 0) is 65.4 Å². The molecule has 0 amide bonds. The van der Waals surface area contributed by atoms with E-state index in [1.165, 1.54) is 24.4 Å². The van der Waals surface area contributed by atoms with Crippen LogP contribution < -0.4 is 10.1 Å². The van der Waals surface area contributed by atoms with Crippen molar-refractivity contribution < 1.29 is 14.1 Å². The van der Waals surface area contributed by atoms with Gasteiger partial charge in [-0.25, -0.2) is 4.39 Å². The lowest BCUT2D eigenvalue weighted by atomic mass is 10.1. The minimum atomic E-state index is -0.459. The minimum Gasteiger partial charge on any atom is -0.486 e. The van der Waals surface area contributed by atoms with Gasteiger partial charge in [0, 0.05) is 41.1 Å². The topological polar surface area (TPSA) is 77.3 Å². The number of pyridine rings is 1. The van der Waals surface area contributed by atoms with Crippen molar-refractivity contribution in [3.63, 3.8) is 0 Å². The average molecular weight is 528 g/mol. The number of nitro benzene ring substituents is 1. The Labute approximate surface area is 185 Å². The maximum Gasteiger partial charge on any atom is 0.275 e. The maximum absolute atomic E-state index is 13.8. The Morgan fingerprint density at radius 2 is 2.10 bits per heavy atom. The first kappa shape index (κ1) is 21.3. The zero-order valence-electron chi connectivity index (χ0n) is 15.3. The number of nitro groups is 1. The number of anilines is 1. The number of rotatable bonds is 7. The van der Waals surface area contributed by atoms with E-state index in [9.17, 15) is 14.5 Å². The van der Waals surface area contributed by atoms with Crippen molar-refractivity contribution in [2.45, 2.75) is 20.1 Å². The van der Waals surface area contributed by atoms with Gasteiger partial charge in [0.2, 0.25) is 0 Å². The molecule has 1 aromatic heterocycles. The Bertz CT molecular complexity index is 1070. The molecule has 0 aliphatic heterocycles. The molecule has 1 heterocycles. The highest BCUT2D eigenvalue weighted by atomic mass is 127. The van der Waals surface area contributed by atoms with Gasteiger partial charge in [-0.3, -0.25) is 15.1 Å². The molecule has 0 saturated carbocycles. The second-order valence-corrected chi connectivity index (χ2v) is 7.80. The fourth-order valence-electron chi connectivity index (χ4n) is 2.67. The van der Waals surface area contributed by atoms with E-state index < -0.39 is 10.7 Å². The van der Waals surface area contributed by atoms with Crippen LogP contribution in [0, 0.1) is 26.4 Å². The van der Waals surface area contributed by atoms with Gasteiger partial charge in [-0.1, -0.05) is 11.6 Å². The number of aryl methyl sites for hydroxylation is 1. The van der Waals surface area contributed by atoms with E-state index in [0.29, 0.717) is 16.3 Å². The lowest BCUT2D eigenvalue weighted by Gasteiger charge is -2.15. The van der Waals surface area contributed by atoms with Crippen LogP contribution in [0.15, 0.2) is 48.7 Å². The third kappa shape index (κ3) is 5.33. The molecule has 9 heteroatoms. The molecule has 0 bridgehead atoms. The summed E-state index contributed by atoms with van der Waals surface area (Å²) in [6, 6.07) is 11.1. The molecule has 0 aliphatic carbocycles. The molecule has 29 heavy (non-hydrogen) atoms. The van der Waals surface area contributed by atoms with Gasteiger partial charge in [0.05, 0.1) is 8.49 Å². The van der Waals surface area contributed by atoms with E-state index in [1.807, 2.05) is 13.0 Å². The number of halogens is 3. The van der Waals surface area contributed by atoms with Crippen molar-refractivity contribution >= 4 is 45.6 Å². The first-order chi connectivity index (χ1) is 13.8. The fourth-order valence-corrected chi connectivity index (χ4v) is 3.62. The van der Waals surface area contributed by atoms with Gasteiger partial charge in [0.1, 0.15) is 23.9 Å². The Morgan fingerprint density at radius 3 is 2.83 bits per heavy atom. The van der Waals surface area contributed by atoms with Gasteiger partial charge in [-0.2, -0.15) is 0 Å². The Kier molecular flexibility index (Phi) is 6.86. The number of aromatic nitrogens is 1. The highest BCUT2D eigenvalue weighted by molar-refractivity contribution is 14.1. The molecule has 6 nitrogen and oxygen atoms in total. The van der Waals surface area contributed by atoms with Crippen molar-refractivity contribution in [3.05, 3.63) is 90.0 Å². The van der Waals surface area contributed by atoms with E-state index in [2.05, 4.69) is 32.9 Å². The third-order valence-electron chi connectivity index (χ3n) is 4.19. The van der Waals surface area contributed by atoms with Crippen molar-refractivity contribution in [3.8, 4) is 5.75 Å². The number of hydrogen-bond donors (Lipinski definition) is 1. The summed E-state index contributed by atoms with van der Waals surface area (Å²) >= 11 is 8.00. The van der Waals surface area contributed by atoms with Crippen LogP contribution in [0.4, 0.5) is 15.8 Å². The summed E-state index contributed by atoms with van der Waals surface area (Å²) in [6.07, 6.45) is 1.51. The summed E-state index contributed by atoms with van der Waals surface area (Å²) in [5.74, 6) is 0.136. The molecule has 3 rings (SSSR count). The largest absolute Gasteiger partial charge is 0.486 e. The molecule has 0 atom stereocenters. The summed E-state index contributed by atoms with van der Waals surface area (Å²) in [5, 5.41) is 14.8. The van der Waals surface area contributed by atoms with Crippen LogP contribution in [0.25, 0.3) is 0 Å². The van der Waals surface area contributed by atoms with E-state index in [0.717, 1.165) is 14.8 Å². The third-order valence-corrected chi connectivity index (χ3v) is 5.27. The fraction of sp³-hybridized carbons (Fsp3) is 0.150. The molecule has 0 spiro atoms. The number of hydrogen-bond acceptors (Lipinski definition) is 5. The molecular weight excluding hydrogens is 512 g/mol. The van der Waals surface area contributed by atoms with Crippen molar-refractivity contribution in [1.29, 1.82) is 0 Å². The molecule has 0 radical (unpaired) electrons. The maximum atomic E-state index is 13.8. The quantitative estimate of drug-likeness (QED) is 0.236. The standard InChI is InChI=1S/C20H16ClFIN3O3/c1-12-7-16(23)20(29-11-18-15(22)3-2-6-24-18)9-17(12)25-10-13-4-5-14(21)8-19(13)26(27)28/h2-9,25H,10-11H2,1H3. The Hall–Kier alpha value is -2.46. The van der Waals surface area contributed by atoms with Crippen LogP contribution in [-0.2, 0) is 13.2 Å². The second-order valence-electron chi connectivity index (χ2n) is 6.20. The summed E-state index contributed by atoms with van der Waals surface area (Å²) in [5.41, 5.74) is 2.38. The molecule has 0 aliphatic rings. The first-order valence-corrected chi connectivity index (χ1v) is 10.00. The highest BCUT2D eigenvalue weighted by Crippen LogP contribution is 2.30. The first-order valence-electron chi connectivity index (χ1n) is 8.54. The molecule has 150 valence electrons. The van der Waals surface area contributed by atoms with Crippen molar-refractivity contribution in [2.24, 2.45) is 0 Å². The average Bonchev–Trinajstić information content (AvgIpc) is 2.68. The highest BCUT2D eigenvalue weighted by Gasteiger charge is 2.15. The summed E-state index contributed by atoms with van der Waals surface area (Å²) < 4.78 is 20.4. The summed E-state index contributed by atoms with van der Waals surface area (Å²) in [7, 11) is 0. The summed E-state index contributed by atoms with van der Waals surface area (Å²) in [6.45, 7) is 2.15. The van der Waals surface area contributed by atoms with Gasteiger partial charge >= 0.3 is 0 Å². The monoisotopic (exact) mass is 527 g/mol. The minimum absolute atomic E-state index is 0.00612. The molecule has 0 fully saturated rings. The molecule has 0 saturated heterocycles. The van der Waals surface area contributed by atoms with Gasteiger partial charge in [-0.15, -0.1) is 0 Å². The molecule has 0 unspecified atom stereocenters. The van der Waals surface area contributed by atoms with Gasteiger partial charge in [0.25, 0.3) is 5.69 Å². The molecule has 3 aromatic rings. The molecule has 1 N–H and O–H groups in total. The normalized spacial score (nSPS) is 10.6. The van der Waals surface area contributed by atoms with E-state index in [-0.39, 0.29) is 24.5 Å². The van der Waals surface area contributed by atoms with Crippen molar-refractivity contribution in [2.75, 3.05) is 5.32 Å². The molecular formula is C20H16ClFIN3O3. The number of nitrogens with one attached hydrogen (secondary N) is 1. The van der Waals surface area contributed by atoms with Crippen LogP contribution in [-0.4, -0.2) is 9.91 Å². The predicted octanol–water partition coefficient (Wildman–Crippen LogP) is 5.89. The van der Waals surface area contributed by atoms with Crippen LogP contribution >= 0.6 is 34.2 Å². The molecule has 2 aromatic carbocycles. The lowest BCUT2D eigenvalue weighted by molar-refractivity contribution is -0.385. The Balaban J connectivity index is 1.78. The predicted molar refractivity (Wildman–Crippen MR) is 118 cm³/mol. The van der Waals surface area contributed by atoms with Crippen molar-refractivity contribution in [1.82, 2.24) is 4.98 Å². The lowest BCUT2D eigenvalue weighted by Crippen LogP contribution is -2.06.